The zero-order valence-electron chi connectivity index (χ0n) is 7.37. The lowest BCUT2D eigenvalue weighted by molar-refractivity contribution is 0.627. The van der Waals surface area contributed by atoms with Gasteiger partial charge in [-0.15, -0.1) is 0 Å². The molecule has 0 saturated carbocycles. The van der Waals surface area contributed by atoms with Gasteiger partial charge in [0.25, 0.3) is 0 Å². The lowest BCUT2D eigenvalue weighted by Crippen LogP contribution is -1.98. The molecule has 0 radical (unpaired) electrons. The van der Waals surface area contributed by atoms with Crippen molar-refractivity contribution in [2.75, 3.05) is 6.54 Å². The molecule has 3 heteroatoms. The first-order valence-corrected chi connectivity index (χ1v) is 6.90. The van der Waals surface area contributed by atoms with E-state index in [9.17, 15) is 0 Å². The molecule has 12 heavy (non-hydrogen) atoms. The average molecular weight is 203 g/mol. The Morgan fingerprint density at radius 2 is 2.00 bits per heavy atom. The van der Waals surface area contributed by atoms with Crippen molar-refractivity contribution in [3.8, 4) is 0 Å². The van der Waals surface area contributed by atoms with Crippen molar-refractivity contribution in [1.29, 1.82) is 0 Å². The van der Waals surface area contributed by atoms with Gasteiger partial charge in [-0.3, -0.25) is 0 Å². The SMILES string of the molecule is NCCCCCCC1C=CSS1. The maximum Gasteiger partial charge on any atom is 0.0342 e. The van der Waals surface area contributed by atoms with Crippen LogP contribution in [0.25, 0.3) is 0 Å². The van der Waals surface area contributed by atoms with E-state index in [1.807, 2.05) is 21.6 Å². The number of rotatable bonds is 6. The Kier molecular flexibility index (Phi) is 6.00. The first kappa shape index (κ1) is 10.5. The highest BCUT2D eigenvalue weighted by Crippen LogP contribution is 2.37. The molecule has 1 aliphatic rings. The van der Waals surface area contributed by atoms with Gasteiger partial charge in [0.15, 0.2) is 0 Å². The molecule has 1 rings (SSSR count). The molecule has 0 fully saturated rings. The monoisotopic (exact) mass is 203 g/mol. The zero-order valence-corrected chi connectivity index (χ0v) is 9.00. The third-order valence-electron chi connectivity index (χ3n) is 1.97. The van der Waals surface area contributed by atoms with Gasteiger partial charge in [-0.1, -0.05) is 46.9 Å². The first-order chi connectivity index (χ1) is 5.93. The summed E-state index contributed by atoms with van der Waals surface area (Å²) >= 11 is 0. The highest BCUT2D eigenvalue weighted by atomic mass is 33.1. The molecule has 2 N–H and O–H groups in total. The van der Waals surface area contributed by atoms with Gasteiger partial charge < -0.3 is 5.73 Å². The van der Waals surface area contributed by atoms with Crippen molar-refractivity contribution in [1.82, 2.24) is 0 Å². The Balaban J connectivity index is 1.85. The Bertz CT molecular complexity index is 136. The molecular formula is C9H17NS2. The summed E-state index contributed by atoms with van der Waals surface area (Å²) in [6.07, 6.45) is 8.89. The molecule has 1 unspecified atom stereocenters. The van der Waals surface area contributed by atoms with E-state index in [-0.39, 0.29) is 0 Å². The van der Waals surface area contributed by atoms with Crippen molar-refractivity contribution in [2.45, 2.75) is 37.4 Å². The van der Waals surface area contributed by atoms with Crippen LogP contribution in [0.4, 0.5) is 0 Å². The van der Waals surface area contributed by atoms with Crippen molar-refractivity contribution in [2.24, 2.45) is 5.73 Å². The van der Waals surface area contributed by atoms with E-state index in [2.05, 4.69) is 11.5 Å². The maximum absolute atomic E-state index is 5.41. The standard InChI is InChI=1S/C9H17NS2/c10-7-4-2-1-3-5-9-6-8-11-12-9/h6,8-9H,1-5,7,10H2. The summed E-state index contributed by atoms with van der Waals surface area (Å²) < 4.78 is 0. The molecule has 70 valence electrons. The molecule has 0 aromatic heterocycles. The second-order valence-corrected chi connectivity index (χ2v) is 5.47. The van der Waals surface area contributed by atoms with E-state index in [4.69, 9.17) is 5.73 Å². The van der Waals surface area contributed by atoms with Gasteiger partial charge in [0.05, 0.1) is 0 Å². The van der Waals surface area contributed by atoms with E-state index < -0.39 is 0 Å². The molecule has 0 amide bonds. The molecule has 1 nitrogen and oxygen atoms in total. The summed E-state index contributed by atoms with van der Waals surface area (Å²) in [5.74, 6) is 0. The predicted molar refractivity (Wildman–Crippen MR) is 60.2 cm³/mol. The van der Waals surface area contributed by atoms with E-state index >= 15 is 0 Å². The normalized spacial score (nSPS) is 21.9. The van der Waals surface area contributed by atoms with E-state index in [0.717, 1.165) is 11.8 Å². The van der Waals surface area contributed by atoms with Crippen LogP contribution in [0.1, 0.15) is 32.1 Å². The van der Waals surface area contributed by atoms with Crippen LogP contribution in [-0.4, -0.2) is 11.8 Å². The zero-order chi connectivity index (χ0) is 8.65. The Morgan fingerprint density at radius 1 is 1.17 bits per heavy atom. The van der Waals surface area contributed by atoms with Gasteiger partial charge in [0, 0.05) is 5.25 Å². The molecule has 0 spiro atoms. The smallest absolute Gasteiger partial charge is 0.0342 e. The van der Waals surface area contributed by atoms with Crippen LogP contribution in [0.2, 0.25) is 0 Å². The van der Waals surface area contributed by atoms with Crippen LogP contribution in [0, 0.1) is 0 Å². The van der Waals surface area contributed by atoms with Crippen LogP contribution in [-0.2, 0) is 0 Å². The molecule has 0 aliphatic carbocycles. The fourth-order valence-electron chi connectivity index (χ4n) is 1.24. The fraction of sp³-hybridized carbons (Fsp3) is 0.778. The molecular weight excluding hydrogens is 186 g/mol. The lowest BCUT2D eigenvalue weighted by Gasteiger charge is -2.04. The highest BCUT2D eigenvalue weighted by Gasteiger charge is 2.09. The maximum atomic E-state index is 5.41. The fourth-order valence-corrected chi connectivity index (χ4v) is 3.50. The quantitative estimate of drug-likeness (QED) is 0.530. The molecule has 1 heterocycles. The van der Waals surface area contributed by atoms with Gasteiger partial charge in [0.1, 0.15) is 0 Å². The first-order valence-electron chi connectivity index (χ1n) is 4.62. The second kappa shape index (κ2) is 6.87. The highest BCUT2D eigenvalue weighted by molar-refractivity contribution is 8.78. The number of nitrogens with two attached hydrogens (primary N) is 1. The molecule has 0 saturated heterocycles. The van der Waals surface area contributed by atoms with Gasteiger partial charge in [-0.05, 0) is 24.8 Å². The number of hydrogen-bond acceptors (Lipinski definition) is 3. The van der Waals surface area contributed by atoms with Crippen LogP contribution < -0.4 is 5.73 Å². The van der Waals surface area contributed by atoms with Crippen molar-refractivity contribution < 1.29 is 0 Å². The number of hydrogen-bond donors (Lipinski definition) is 1. The third-order valence-corrected chi connectivity index (χ3v) is 4.40. The molecule has 0 bridgehead atoms. The summed E-state index contributed by atoms with van der Waals surface area (Å²) in [4.78, 5) is 0. The lowest BCUT2D eigenvalue weighted by atomic mass is 10.1. The van der Waals surface area contributed by atoms with E-state index in [0.29, 0.717) is 0 Å². The largest absolute Gasteiger partial charge is 0.330 e. The second-order valence-electron chi connectivity index (χ2n) is 3.05. The van der Waals surface area contributed by atoms with E-state index in [1.54, 1.807) is 0 Å². The van der Waals surface area contributed by atoms with Crippen molar-refractivity contribution >= 4 is 21.6 Å². The summed E-state index contributed by atoms with van der Waals surface area (Å²) in [6.45, 7) is 0.855. The Hall–Kier alpha value is 0.400. The van der Waals surface area contributed by atoms with Gasteiger partial charge in [-0.25, -0.2) is 0 Å². The molecule has 1 aliphatic heterocycles. The molecule has 0 aromatic rings. The average Bonchev–Trinajstić information content (AvgIpc) is 2.57. The summed E-state index contributed by atoms with van der Waals surface area (Å²) in [7, 11) is 3.85. The van der Waals surface area contributed by atoms with Crippen molar-refractivity contribution in [3.63, 3.8) is 0 Å². The molecule has 0 aromatic carbocycles. The van der Waals surface area contributed by atoms with Gasteiger partial charge in [-0.2, -0.15) is 0 Å². The van der Waals surface area contributed by atoms with Gasteiger partial charge in [0.2, 0.25) is 0 Å². The van der Waals surface area contributed by atoms with Crippen LogP contribution in [0.5, 0.6) is 0 Å². The minimum Gasteiger partial charge on any atom is -0.330 e. The summed E-state index contributed by atoms with van der Waals surface area (Å²) in [5.41, 5.74) is 5.41. The Labute approximate surface area is 82.9 Å². The third kappa shape index (κ3) is 4.43. The van der Waals surface area contributed by atoms with Crippen LogP contribution in [0.15, 0.2) is 11.5 Å². The topological polar surface area (TPSA) is 26.0 Å². The molecule has 1 atom stereocenters. The van der Waals surface area contributed by atoms with Crippen LogP contribution >= 0.6 is 21.6 Å². The van der Waals surface area contributed by atoms with Gasteiger partial charge >= 0.3 is 0 Å². The predicted octanol–water partition coefficient (Wildman–Crippen LogP) is 3.17. The minimum absolute atomic E-state index is 0.785. The Morgan fingerprint density at radius 3 is 2.67 bits per heavy atom. The summed E-state index contributed by atoms with van der Waals surface area (Å²) in [6, 6.07) is 0. The number of unbranched alkanes of at least 4 members (excludes halogenated alkanes) is 3. The minimum atomic E-state index is 0.785. The van der Waals surface area contributed by atoms with E-state index in [1.165, 1.54) is 32.1 Å². The summed E-state index contributed by atoms with van der Waals surface area (Å²) in [5, 5.41) is 2.99. The van der Waals surface area contributed by atoms with Crippen LogP contribution in [0.3, 0.4) is 0 Å². The van der Waals surface area contributed by atoms with Crippen molar-refractivity contribution in [3.05, 3.63) is 11.5 Å².